The number of hydrogen-bond donors (Lipinski definition) is 0. The van der Waals surface area contributed by atoms with Gasteiger partial charge in [-0.25, -0.2) is 0 Å². The first-order chi connectivity index (χ1) is 7.41. The highest BCUT2D eigenvalue weighted by atomic mass is 35.5. The standard InChI is InChI=1S/C11H12Cl2O2S/c1-7(2)16(15)6-11(14)8-3-4-9(12)10(13)5-8/h3-5,7H,6H2,1-2H3. The van der Waals surface area contributed by atoms with Crippen molar-refractivity contribution in [1.29, 1.82) is 0 Å². The van der Waals surface area contributed by atoms with Crippen LogP contribution < -0.4 is 0 Å². The van der Waals surface area contributed by atoms with Crippen LogP contribution in [0.4, 0.5) is 0 Å². The number of halogens is 2. The summed E-state index contributed by atoms with van der Waals surface area (Å²) in [7, 11) is -1.14. The van der Waals surface area contributed by atoms with Gasteiger partial charge in [-0.15, -0.1) is 0 Å². The van der Waals surface area contributed by atoms with E-state index < -0.39 is 10.8 Å². The van der Waals surface area contributed by atoms with Crippen molar-refractivity contribution < 1.29 is 9.00 Å². The Balaban J connectivity index is 2.81. The average Bonchev–Trinajstić information content (AvgIpc) is 2.21. The van der Waals surface area contributed by atoms with Crippen LogP contribution in [0.2, 0.25) is 10.0 Å². The SMILES string of the molecule is CC(C)S(=O)CC(=O)c1ccc(Cl)c(Cl)c1. The van der Waals surface area contributed by atoms with E-state index in [4.69, 9.17) is 23.2 Å². The van der Waals surface area contributed by atoms with Crippen molar-refractivity contribution in [2.75, 3.05) is 5.75 Å². The fourth-order valence-electron chi connectivity index (χ4n) is 1.05. The number of rotatable bonds is 4. The maximum Gasteiger partial charge on any atom is 0.175 e. The second-order valence-corrected chi connectivity index (χ2v) is 6.43. The van der Waals surface area contributed by atoms with E-state index in [2.05, 4.69) is 0 Å². The Kier molecular flexibility index (Phi) is 4.96. The van der Waals surface area contributed by atoms with Gasteiger partial charge in [-0.1, -0.05) is 37.0 Å². The number of ketones is 1. The van der Waals surface area contributed by atoms with Crippen LogP contribution in [0.15, 0.2) is 18.2 Å². The van der Waals surface area contributed by atoms with Crippen LogP contribution in [-0.2, 0) is 10.8 Å². The topological polar surface area (TPSA) is 34.1 Å². The highest BCUT2D eigenvalue weighted by Gasteiger charge is 2.14. The molecule has 0 aliphatic rings. The predicted octanol–water partition coefficient (Wildman–Crippen LogP) is 3.33. The number of Topliss-reactive ketones (excluding diaryl/α,β-unsaturated/α-hetero) is 1. The van der Waals surface area contributed by atoms with Crippen molar-refractivity contribution in [3.8, 4) is 0 Å². The summed E-state index contributed by atoms with van der Waals surface area (Å²) < 4.78 is 11.5. The molecule has 16 heavy (non-hydrogen) atoms. The third-order valence-electron chi connectivity index (χ3n) is 2.04. The first-order valence-corrected chi connectivity index (χ1v) is 6.91. The van der Waals surface area contributed by atoms with Crippen molar-refractivity contribution in [3.05, 3.63) is 33.8 Å². The summed E-state index contributed by atoms with van der Waals surface area (Å²) in [6, 6.07) is 4.66. The lowest BCUT2D eigenvalue weighted by Crippen LogP contribution is -2.17. The number of carbonyl (C=O) groups is 1. The Morgan fingerprint density at radius 3 is 2.44 bits per heavy atom. The Hall–Kier alpha value is -0.380. The van der Waals surface area contributed by atoms with E-state index in [9.17, 15) is 9.00 Å². The van der Waals surface area contributed by atoms with Gasteiger partial charge in [0.05, 0.1) is 15.8 Å². The molecule has 2 nitrogen and oxygen atoms in total. The van der Waals surface area contributed by atoms with Gasteiger partial charge in [0.25, 0.3) is 0 Å². The molecule has 5 heteroatoms. The van der Waals surface area contributed by atoms with Crippen LogP contribution in [0.25, 0.3) is 0 Å². The first kappa shape index (κ1) is 13.7. The summed E-state index contributed by atoms with van der Waals surface area (Å²) in [6.45, 7) is 3.64. The van der Waals surface area contributed by atoms with E-state index in [0.29, 0.717) is 15.6 Å². The smallest absolute Gasteiger partial charge is 0.175 e. The summed E-state index contributed by atoms with van der Waals surface area (Å²) in [4.78, 5) is 11.7. The normalized spacial score (nSPS) is 12.8. The molecule has 0 aliphatic heterocycles. The van der Waals surface area contributed by atoms with Gasteiger partial charge >= 0.3 is 0 Å². The summed E-state index contributed by atoms with van der Waals surface area (Å²) in [5.41, 5.74) is 0.448. The van der Waals surface area contributed by atoms with Gasteiger partial charge in [-0.3, -0.25) is 9.00 Å². The molecule has 0 spiro atoms. The minimum atomic E-state index is -1.14. The Labute approximate surface area is 107 Å². The molecule has 1 rings (SSSR count). The van der Waals surface area contributed by atoms with Gasteiger partial charge < -0.3 is 0 Å². The van der Waals surface area contributed by atoms with Crippen LogP contribution in [0, 0.1) is 0 Å². The van der Waals surface area contributed by atoms with Gasteiger partial charge in [-0.05, 0) is 18.2 Å². The number of carbonyl (C=O) groups excluding carboxylic acids is 1. The van der Waals surface area contributed by atoms with Crippen LogP contribution >= 0.6 is 23.2 Å². The molecule has 0 saturated carbocycles. The summed E-state index contributed by atoms with van der Waals surface area (Å²) >= 11 is 11.5. The highest BCUT2D eigenvalue weighted by Crippen LogP contribution is 2.22. The molecule has 0 aromatic heterocycles. The second-order valence-electron chi connectivity index (χ2n) is 3.63. The average molecular weight is 279 g/mol. The Bertz CT molecular complexity index is 430. The van der Waals surface area contributed by atoms with E-state index in [1.54, 1.807) is 12.1 Å². The maximum absolute atomic E-state index is 11.7. The molecule has 0 radical (unpaired) electrons. The molecule has 0 heterocycles. The van der Waals surface area contributed by atoms with E-state index in [-0.39, 0.29) is 16.8 Å². The molecule has 0 amide bonds. The maximum atomic E-state index is 11.7. The zero-order valence-electron chi connectivity index (χ0n) is 9.00. The lowest BCUT2D eigenvalue weighted by atomic mass is 10.1. The molecule has 1 atom stereocenters. The summed E-state index contributed by atoms with van der Waals surface area (Å²) in [5.74, 6) is -0.152. The van der Waals surface area contributed by atoms with E-state index in [1.165, 1.54) is 6.07 Å². The third kappa shape index (κ3) is 3.58. The summed E-state index contributed by atoms with van der Waals surface area (Å²) in [6.07, 6.45) is 0. The van der Waals surface area contributed by atoms with Crippen molar-refractivity contribution in [3.63, 3.8) is 0 Å². The highest BCUT2D eigenvalue weighted by molar-refractivity contribution is 7.86. The molecule has 88 valence electrons. The molecule has 0 aliphatic carbocycles. The largest absolute Gasteiger partial charge is 0.293 e. The van der Waals surface area contributed by atoms with Crippen molar-refractivity contribution >= 4 is 39.8 Å². The van der Waals surface area contributed by atoms with Crippen molar-refractivity contribution in [1.82, 2.24) is 0 Å². The zero-order chi connectivity index (χ0) is 12.3. The van der Waals surface area contributed by atoms with Crippen LogP contribution in [0.3, 0.4) is 0 Å². The fourth-order valence-corrected chi connectivity index (χ4v) is 2.11. The minimum absolute atomic E-state index is 0.0216. The molecule has 0 bridgehead atoms. The van der Waals surface area contributed by atoms with Crippen LogP contribution in [-0.4, -0.2) is 21.0 Å². The molecular weight excluding hydrogens is 267 g/mol. The third-order valence-corrected chi connectivity index (χ3v) is 4.38. The molecule has 0 N–H and O–H groups in total. The van der Waals surface area contributed by atoms with Crippen molar-refractivity contribution in [2.24, 2.45) is 0 Å². The molecule has 1 aromatic carbocycles. The molecule has 1 unspecified atom stereocenters. The quantitative estimate of drug-likeness (QED) is 0.792. The number of benzene rings is 1. The lowest BCUT2D eigenvalue weighted by Gasteiger charge is -2.05. The zero-order valence-corrected chi connectivity index (χ0v) is 11.3. The lowest BCUT2D eigenvalue weighted by molar-refractivity contribution is 0.102. The Morgan fingerprint density at radius 2 is 1.94 bits per heavy atom. The fraction of sp³-hybridized carbons (Fsp3) is 0.364. The molecule has 0 fully saturated rings. The van der Waals surface area contributed by atoms with E-state index >= 15 is 0 Å². The number of hydrogen-bond acceptors (Lipinski definition) is 2. The molecular formula is C11H12Cl2O2S. The Morgan fingerprint density at radius 1 is 1.31 bits per heavy atom. The van der Waals surface area contributed by atoms with Gasteiger partial charge in [0.1, 0.15) is 0 Å². The molecule has 0 saturated heterocycles. The second kappa shape index (κ2) is 5.80. The predicted molar refractivity (Wildman–Crippen MR) is 68.9 cm³/mol. The monoisotopic (exact) mass is 278 g/mol. The van der Waals surface area contributed by atoms with Crippen LogP contribution in [0.5, 0.6) is 0 Å². The minimum Gasteiger partial charge on any atom is -0.293 e. The van der Waals surface area contributed by atoms with Gasteiger partial charge in [0, 0.05) is 21.6 Å². The van der Waals surface area contributed by atoms with Gasteiger partial charge in [-0.2, -0.15) is 0 Å². The molecule has 1 aromatic rings. The van der Waals surface area contributed by atoms with Gasteiger partial charge in [0.2, 0.25) is 0 Å². The summed E-state index contributed by atoms with van der Waals surface area (Å²) in [5, 5.41) is 0.720. The first-order valence-electron chi connectivity index (χ1n) is 4.77. The van der Waals surface area contributed by atoms with Gasteiger partial charge in [0.15, 0.2) is 5.78 Å². The van der Waals surface area contributed by atoms with Crippen LogP contribution in [0.1, 0.15) is 24.2 Å². The van der Waals surface area contributed by atoms with Crippen molar-refractivity contribution in [2.45, 2.75) is 19.1 Å². The van der Waals surface area contributed by atoms with E-state index in [1.807, 2.05) is 13.8 Å². The van der Waals surface area contributed by atoms with E-state index in [0.717, 1.165) is 0 Å².